The van der Waals surface area contributed by atoms with E-state index in [9.17, 15) is 14.4 Å². The van der Waals surface area contributed by atoms with Gasteiger partial charge in [-0.05, 0) is 30.3 Å². The fourth-order valence-electron chi connectivity index (χ4n) is 2.09. The Balaban J connectivity index is 1.68. The molecule has 1 heterocycles. The fourth-order valence-corrected chi connectivity index (χ4v) is 2.26. The average Bonchev–Trinajstić information content (AvgIpc) is 3.17. The number of benzene rings is 1. The summed E-state index contributed by atoms with van der Waals surface area (Å²) in [6, 6.07) is 8.17. The minimum absolute atomic E-state index is 0.0523. The highest BCUT2D eigenvalue weighted by molar-refractivity contribution is 6.31. The molecule has 0 unspecified atom stereocenters. The molecule has 144 valence electrons. The van der Waals surface area contributed by atoms with Crippen LogP contribution in [0.25, 0.3) is 0 Å². The number of anilines is 1. The van der Waals surface area contributed by atoms with Gasteiger partial charge in [0.15, 0.2) is 6.61 Å². The lowest BCUT2D eigenvalue weighted by Crippen LogP contribution is -2.24. The first-order chi connectivity index (χ1) is 13.0. The van der Waals surface area contributed by atoms with Crippen molar-refractivity contribution in [1.82, 2.24) is 5.32 Å². The van der Waals surface area contributed by atoms with Crippen molar-refractivity contribution < 1.29 is 28.3 Å². The van der Waals surface area contributed by atoms with Gasteiger partial charge in [0.1, 0.15) is 11.5 Å². The summed E-state index contributed by atoms with van der Waals surface area (Å²) in [6.45, 7) is -0.243. The number of hydrogen-bond acceptors (Lipinski definition) is 6. The van der Waals surface area contributed by atoms with Crippen LogP contribution in [0.1, 0.15) is 18.6 Å². The van der Waals surface area contributed by atoms with Gasteiger partial charge in [-0.25, -0.2) is 0 Å². The van der Waals surface area contributed by atoms with Crippen LogP contribution in [-0.4, -0.2) is 31.5 Å². The zero-order valence-corrected chi connectivity index (χ0v) is 15.4. The molecule has 2 N–H and O–H groups in total. The normalized spacial score (nSPS) is 10.1. The lowest BCUT2D eigenvalue weighted by molar-refractivity contribution is -0.148. The number of amides is 2. The van der Waals surface area contributed by atoms with Crippen molar-refractivity contribution in [3.8, 4) is 5.75 Å². The molecule has 2 rings (SSSR count). The van der Waals surface area contributed by atoms with E-state index in [4.69, 9.17) is 25.5 Å². The summed E-state index contributed by atoms with van der Waals surface area (Å²) >= 11 is 5.88. The predicted molar refractivity (Wildman–Crippen MR) is 97.4 cm³/mol. The Bertz CT molecular complexity index is 791. The zero-order chi connectivity index (χ0) is 19.6. The molecule has 0 fully saturated rings. The molecule has 0 saturated carbocycles. The van der Waals surface area contributed by atoms with Gasteiger partial charge in [0.05, 0.1) is 32.0 Å². The number of carbonyl (C=O) groups is 3. The maximum absolute atomic E-state index is 11.9. The molecule has 8 nitrogen and oxygen atoms in total. The van der Waals surface area contributed by atoms with E-state index >= 15 is 0 Å². The minimum atomic E-state index is -0.656. The monoisotopic (exact) mass is 394 g/mol. The quantitative estimate of drug-likeness (QED) is 0.633. The largest absolute Gasteiger partial charge is 0.495 e. The number of methoxy groups -OCH3 is 1. The smallest absolute Gasteiger partial charge is 0.306 e. The van der Waals surface area contributed by atoms with Crippen LogP contribution >= 0.6 is 11.6 Å². The Kier molecular flexibility index (Phi) is 7.69. The van der Waals surface area contributed by atoms with E-state index < -0.39 is 18.5 Å². The SMILES string of the molecule is COc1ccc(Cl)cc1NC(=O)COC(=O)CCC(=O)NCc1ccco1. The van der Waals surface area contributed by atoms with Gasteiger partial charge in [0.2, 0.25) is 5.91 Å². The van der Waals surface area contributed by atoms with Crippen LogP contribution in [0.2, 0.25) is 5.02 Å². The highest BCUT2D eigenvalue weighted by atomic mass is 35.5. The lowest BCUT2D eigenvalue weighted by atomic mass is 10.3. The number of rotatable bonds is 9. The first kappa shape index (κ1) is 20.3. The molecule has 27 heavy (non-hydrogen) atoms. The summed E-state index contributed by atoms with van der Waals surface area (Å²) in [5, 5.41) is 5.57. The third kappa shape index (κ3) is 7.02. The number of halogens is 1. The van der Waals surface area contributed by atoms with Crippen LogP contribution < -0.4 is 15.4 Å². The third-order valence-electron chi connectivity index (χ3n) is 3.40. The Hall–Kier alpha value is -3.00. The van der Waals surface area contributed by atoms with Crippen molar-refractivity contribution in [3.05, 3.63) is 47.4 Å². The summed E-state index contributed by atoms with van der Waals surface area (Å²) in [6.07, 6.45) is 1.31. The zero-order valence-electron chi connectivity index (χ0n) is 14.6. The summed E-state index contributed by atoms with van der Waals surface area (Å²) in [4.78, 5) is 35.2. The second-order valence-corrected chi connectivity index (χ2v) is 5.85. The fraction of sp³-hybridized carbons (Fsp3) is 0.278. The minimum Gasteiger partial charge on any atom is -0.495 e. The van der Waals surface area contributed by atoms with Crippen LogP contribution in [0.5, 0.6) is 5.75 Å². The number of ether oxygens (including phenoxy) is 2. The van der Waals surface area contributed by atoms with Crippen LogP contribution in [0.3, 0.4) is 0 Å². The van der Waals surface area contributed by atoms with Gasteiger partial charge < -0.3 is 24.5 Å². The van der Waals surface area contributed by atoms with Crippen LogP contribution in [0.4, 0.5) is 5.69 Å². The molecular weight excluding hydrogens is 376 g/mol. The maximum atomic E-state index is 11.9. The second kappa shape index (κ2) is 10.2. The van der Waals surface area contributed by atoms with Gasteiger partial charge in [0, 0.05) is 11.4 Å². The summed E-state index contributed by atoms with van der Waals surface area (Å²) < 4.78 is 15.0. The highest BCUT2D eigenvalue weighted by Gasteiger charge is 2.13. The molecule has 0 bridgehead atoms. The molecule has 0 saturated heterocycles. The molecule has 0 aliphatic carbocycles. The average molecular weight is 395 g/mol. The number of furan rings is 1. The Labute approximate surface area is 160 Å². The van der Waals surface area contributed by atoms with E-state index in [1.165, 1.54) is 19.4 Å². The van der Waals surface area contributed by atoms with E-state index in [0.717, 1.165) is 0 Å². The first-order valence-corrected chi connectivity index (χ1v) is 8.44. The molecule has 0 aliphatic rings. The molecule has 2 aromatic rings. The van der Waals surface area contributed by atoms with Crippen molar-refractivity contribution in [2.24, 2.45) is 0 Å². The molecule has 0 aliphatic heterocycles. The van der Waals surface area contributed by atoms with Crippen LogP contribution in [0, 0.1) is 0 Å². The van der Waals surface area contributed by atoms with E-state index in [0.29, 0.717) is 22.2 Å². The van der Waals surface area contributed by atoms with E-state index in [-0.39, 0.29) is 25.3 Å². The van der Waals surface area contributed by atoms with E-state index in [1.807, 2.05) is 0 Å². The van der Waals surface area contributed by atoms with Crippen LogP contribution in [-0.2, 0) is 25.7 Å². The molecule has 1 aromatic heterocycles. The van der Waals surface area contributed by atoms with Crippen molar-refractivity contribution in [2.45, 2.75) is 19.4 Å². The van der Waals surface area contributed by atoms with Gasteiger partial charge in [-0.1, -0.05) is 11.6 Å². The number of hydrogen-bond donors (Lipinski definition) is 2. The van der Waals surface area contributed by atoms with E-state index in [2.05, 4.69) is 10.6 Å². The van der Waals surface area contributed by atoms with Crippen molar-refractivity contribution in [2.75, 3.05) is 19.0 Å². The Morgan fingerprint density at radius 2 is 1.96 bits per heavy atom. The van der Waals surface area contributed by atoms with Crippen molar-refractivity contribution >= 4 is 35.1 Å². The molecular formula is C18H19ClN2O6. The Morgan fingerprint density at radius 1 is 1.15 bits per heavy atom. The number of carbonyl (C=O) groups excluding carboxylic acids is 3. The first-order valence-electron chi connectivity index (χ1n) is 8.06. The molecule has 2 amide bonds. The lowest BCUT2D eigenvalue weighted by Gasteiger charge is -2.10. The summed E-state index contributed by atoms with van der Waals surface area (Å²) in [7, 11) is 1.45. The topological polar surface area (TPSA) is 107 Å². The molecule has 0 spiro atoms. The van der Waals surface area contributed by atoms with Crippen molar-refractivity contribution in [1.29, 1.82) is 0 Å². The molecule has 0 radical (unpaired) electrons. The summed E-state index contributed by atoms with van der Waals surface area (Å²) in [5.74, 6) is -0.495. The highest BCUT2D eigenvalue weighted by Crippen LogP contribution is 2.27. The van der Waals surface area contributed by atoms with E-state index in [1.54, 1.807) is 24.3 Å². The van der Waals surface area contributed by atoms with Gasteiger partial charge in [0.25, 0.3) is 5.91 Å². The van der Waals surface area contributed by atoms with Crippen LogP contribution in [0.15, 0.2) is 41.0 Å². The number of nitrogens with one attached hydrogen (secondary N) is 2. The maximum Gasteiger partial charge on any atom is 0.306 e. The number of esters is 1. The van der Waals surface area contributed by atoms with Crippen molar-refractivity contribution in [3.63, 3.8) is 0 Å². The summed E-state index contributed by atoms with van der Waals surface area (Å²) in [5.41, 5.74) is 0.364. The van der Waals surface area contributed by atoms with Gasteiger partial charge in [-0.2, -0.15) is 0 Å². The third-order valence-corrected chi connectivity index (χ3v) is 3.63. The standard InChI is InChI=1S/C18H19ClN2O6/c1-25-15-5-4-12(19)9-14(15)21-17(23)11-27-18(24)7-6-16(22)20-10-13-3-2-8-26-13/h2-5,8-9H,6-7,10-11H2,1H3,(H,20,22)(H,21,23). The van der Waals surface area contributed by atoms with Gasteiger partial charge in [-0.3, -0.25) is 14.4 Å². The van der Waals surface area contributed by atoms with Gasteiger partial charge >= 0.3 is 5.97 Å². The molecule has 0 atom stereocenters. The molecule has 1 aromatic carbocycles. The predicted octanol–water partition coefficient (Wildman–Crippen LogP) is 2.52. The Morgan fingerprint density at radius 3 is 2.67 bits per heavy atom. The second-order valence-electron chi connectivity index (χ2n) is 5.41. The molecule has 9 heteroatoms. The van der Waals surface area contributed by atoms with Gasteiger partial charge in [-0.15, -0.1) is 0 Å².